The molecule has 6 rings (SSSR count). The second-order valence-corrected chi connectivity index (χ2v) is 12.3. The van der Waals surface area contributed by atoms with Gasteiger partial charge in [0.1, 0.15) is 23.8 Å². The molecule has 12 heteroatoms. The minimum absolute atomic E-state index is 0.0255. The van der Waals surface area contributed by atoms with Gasteiger partial charge in [-0.3, -0.25) is 14.5 Å². The van der Waals surface area contributed by atoms with Gasteiger partial charge in [-0.05, 0) is 44.2 Å². The number of fused-ring (bicyclic) bond motifs is 2. The molecule has 2 aliphatic heterocycles. The first kappa shape index (κ1) is 33.9. The summed E-state index contributed by atoms with van der Waals surface area (Å²) >= 11 is 0. The van der Waals surface area contributed by atoms with Crippen molar-refractivity contribution in [2.24, 2.45) is 11.8 Å². The van der Waals surface area contributed by atoms with Crippen molar-refractivity contribution in [2.45, 2.75) is 44.2 Å². The molecular formula is C35H40FN3O8. The standard InChI is InChI=1S/C30H32FN3O5.C5H8O3/c1-39-29-26-21(28(36)22(30(37)38)16-34(26)20-9-10-20)14-23(31)27(29)33-15-19-8-5-12-32(24(19)17-33)13-11-25(35)18-6-3-2-4-7-18;1-8-4-5(2-6)3-7/h2-4,6-7,14,16,19-20,24H,5,8-13,15,17H2,1H3,(H,37,38);2-3,5H,4H2,1H3/t19-,24+;/m0./s1. The molecule has 1 N–H and O–H groups in total. The van der Waals surface area contributed by atoms with Crippen LogP contribution in [0.1, 0.15) is 58.9 Å². The van der Waals surface area contributed by atoms with Crippen LogP contribution in [-0.2, 0) is 14.3 Å². The van der Waals surface area contributed by atoms with E-state index in [-0.39, 0.29) is 41.2 Å². The number of anilines is 1. The van der Waals surface area contributed by atoms with Gasteiger partial charge < -0.3 is 33.6 Å². The summed E-state index contributed by atoms with van der Waals surface area (Å²) in [5, 5.41) is 9.61. The minimum Gasteiger partial charge on any atom is -0.492 e. The third kappa shape index (κ3) is 7.28. The van der Waals surface area contributed by atoms with E-state index in [4.69, 9.17) is 4.74 Å². The maximum atomic E-state index is 15.8. The number of Topliss-reactive ketones (excluding diaryl/α,β-unsaturated/α-hetero) is 1. The van der Waals surface area contributed by atoms with E-state index in [9.17, 15) is 29.1 Å². The molecule has 3 aromatic rings. The number of halogens is 1. The topological polar surface area (TPSA) is 135 Å². The minimum atomic E-state index is -1.32. The maximum absolute atomic E-state index is 15.8. The second kappa shape index (κ2) is 15.0. The van der Waals surface area contributed by atoms with Crippen LogP contribution in [-0.4, -0.2) is 91.9 Å². The molecule has 250 valence electrons. The summed E-state index contributed by atoms with van der Waals surface area (Å²) in [6, 6.07) is 10.7. The number of hydrogen-bond acceptors (Lipinski definition) is 9. The zero-order valence-electron chi connectivity index (χ0n) is 26.6. The summed E-state index contributed by atoms with van der Waals surface area (Å²) in [6.07, 6.45) is 6.70. The number of carboxylic acids is 1. The highest BCUT2D eigenvalue weighted by Gasteiger charge is 2.41. The Hall–Kier alpha value is -4.42. The molecule has 2 atom stereocenters. The zero-order valence-corrected chi connectivity index (χ0v) is 26.6. The lowest BCUT2D eigenvalue weighted by Crippen LogP contribution is -2.45. The van der Waals surface area contributed by atoms with Crippen LogP contribution in [0.3, 0.4) is 0 Å². The molecule has 3 fully saturated rings. The van der Waals surface area contributed by atoms with Crippen molar-refractivity contribution in [3.63, 3.8) is 0 Å². The van der Waals surface area contributed by atoms with Crippen molar-refractivity contribution < 1.29 is 38.1 Å². The molecule has 2 aromatic carbocycles. The molecule has 3 aliphatic rings. The van der Waals surface area contributed by atoms with Gasteiger partial charge in [0, 0.05) is 57.0 Å². The van der Waals surface area contributed by atoms with Crippen LogP contribution in [0, 0.1) is 17.7 Å². The average molecular weight is 650 g/mol. The highest BCUT2D eigenvalue weighted by Crippen LogP contribution is 2.45. The molecular weight excluding hydrogens is 609 g/mol. The Morgan fingerprint density at radius 3 is 2.40 bits per heavy atom. The number of piperidine rings is 1. The zero-order chi connectivity index (χ0) is 33.7. The van der Waals surface area contributed by atoms with Gasteiger partial charge in [-0.25, -0.2) is 9.18 Å². The lowest BCUT2D eigenvalue weighted by atomic mass is 9.91. The third-order valence-corrected chi connectivity index (χ3v) is 9.22. The number of benzene rings is 2. The van der Waals surface area contributed by atoms with Gasteiger partial charge in [0.05, 0.1) is 30.5 Å². The lowest BCUT2D eigenvalue weighted by molar-refractivity contribution is -0.121. The molecule has 0 spiro atoms. The number of hydrogen-bond donors (Lipinski definition) is 1. The summed E-state index contributed by atoms with van der Waals surface area (Å²) in [6.45, 7) is 2.97. The van der Waals surface area contributed by atoms with Crippen LogP contribution in [0.25, 0.3) is 10.9 Å². The molecule has 0 amide bonds. The number of carbonyl (C=O) groups is 4. The fraction of sp³-hybridized carbons (Fsp3) is 0.457. The van der Waals surface area contributed by atoms with Crippen molar-refractivity contribution in [2.75, 3.05) is 51.9 Å². The first-order valence-corrected chi connectivity index (χ1v) is 15.9. The van der Waals surface area contributed by atoms with Crippen LogP contribution < -0.4 is 15.1 Å². The Bertz CT molecular complexity index is 1680. The monoisotopic (exact) mass is 649 g/mol. The molecule has 0 radical (unpaired) electrons. The van der Waals surface area contributed by atoms with Crippen LogP contribution in [0.5, 0.6) is 5.75 Å². The highest BCUT2D eigenvalue weighted by molar-refractivity contribution is 5.97. The van der Waals surface area contributed by atoms with Crippen molar-refractivity contribution in [3.05, 3.63) is 69.8 Å². The number of nitrogens with zero attached hydrogens (tertiary/aromatic N) is 3. The van der Waals surface area contributed by atoms with E-state index < -0.39 is 23.1 Å². The highest BCUT2D eigenvalue weighted by atomic mass is 19.1. The van der Waals surface area contributed by atoms with Crippen LogP contribution in [0.4, 0.5) is 10.1 Å². The molecule has 0 unspecified atom stereocenters. The Balaban J connectivity index is 0.000000483. The Labute approximate surface area is 271 Å². The smallest absolute Gasteiger partial charge is 0.341 e. The molecule has 1 aliphatic carbocycles. The SMILES string of the molecule is COCC(C=O)C=O.COc1c(N2C[C@@H]3CCCN(CCC(=O)c4ccccc4)[C@@H]3C2)c(F)cc2c(=O)c(C(=O)O)cn(C3CC3)c12. The summed E-state index contributed by atoms with van der Waals surface area (Å²) in [5.74, 6) is -1.78. The maximum Gasteiger partial charge on any atom is 0.341 e. The van der Waals surface area contributed by atoms with Crippen molar-refractivity contribution in [3.8, 4) is 5.75 Å². The van der Waals surface area contributed by atoms with Gasteiger partial charge in [0.25, 0.3) is 0 Å². The number of carboxylic acid groups (broad SMARTS) is 1. The number of rotatable bonds is 12. The van der Waals surface area contributed by atoms with Crippen LogP contribution in [0.2, 0.25) is 0 Å². The van der Waals surface area contributed by atoms with E-state index in [1.54, 1.807) is 4.57 Å². The summed E-state index contributed by atoms with van der Waals surface area (Å²) in [7, 11) is 2.91. The molecule has 3 heterocycles. The van der Waals surface area contributed by atoms with Gasteiger partial charge >= 0.3 is 5.97 Å². The van der Waals surface area contributed by atoms with Gasteiger partial charge in [0.2, 0.25) is 5.43 Å². The lowest BCUT2D eigenvalue weighted by Gasteiger charge is -2.36. The number of carbonyl (C=O) groups excluding carboxylic acids is 3. The van der Waals surface area contributed by atoms with E-state index in [1.165, 1.54) is 26.5 Å². The summed E-state index contributed by atoms with van der Waals surface area (Å²) < 4.78 is 27.9. The van der Waals surface area contributed by atoms with Crippen molar-refractivity contribution in [1.29, 1.82) is 0 Å². The Kier molecular flexibility index (Phi) is 10.8. The number of methoxy groups -OCH3 is 2. The largest absolute Gasteiger partial charge is 0.492 e. The molecule has 0 bridgehead atoms. The van der Waals surface area contributed by atoms with Crippen LogP contribution >= 0.6 is 0 Å². The first-order valence-electron chi connectivity index (χ1n) is 15.9. The number of likely N-dealkylation sites (tertiary alicyclic amines) is 1. The fourth-order valence-corrected chi connectivity index (χ4v) is 6.77. The van der Waals surface area contributed by atoms with Crippen molar-refractivity contribution in [1.82, 2.24) is 9.47 Å². The predicted octanol–water partition coefficient (Wildman–Crippen LogP) is 4.00. The van der Waals surface area contributed by atoms with Gasteiger partial charge in [-0.15, -0.1) is 0 Å². The number of ketones is 1. The summed E-state index contributed by atoms with van der Waals surface area (Å²) in [5.41, 5.74) is 0.414. The van der Waals surface area contributed by atoms with E-state index in [0.29, 0.717) is 55.7 Å². The number of aromatic carboxylic acids is 1. The van der Waals surface area contributed by atoms with Gasteiger partial charge in [-0.2, -0.15) is 0 Å². The molecule has 47 heavy (non-hydrogen) atoms. The normalized spacial score (nSPS) is 19.2. The molecule has 1 aromatic heterocycles. The van der Waals surface area contributed by atoms with Gasteiger partial charge in [0.15, 0.2) is 17.3 Å². The molecule has 2 saturated heterocycles. The van der Waals surface area contributed by atoms with E-state index >= 15 is 4.39 Å². The third-order valence-electron chi connectivity index (χ3n) is 9.22. The molecule has 11 nitrogen and oxygen atoms in total. The van der Waals surface area contributed by atoms with E-state index in [2.05, 4.69) is 9.64 Å². The first-order chi connectivity index (χ1) is 22.7. The predicted molar refractivity (Wildman–Crippen MR) is 173 cm³/mol. The number of ether oxygens (including phenoxy) is 2. The van der Waals surface area contributed by atoms with Crippen LogP contribution in [0.15, 0.2) is 47.4 Å². The Morgan fingerprint density at radius 1 is 1.09 bits per heavy atom. The second-order valence-electron chi connectivity index (χ2n) is 12.3. The van der Waals surface area contributed by atoms with Gasteiger partial charge in [-0.1, -0.05) is 30.3 Å². The number of pyridine rings is 1. The average Bonchev–Trinajstić information content (AvgIpc) is 3.84. The van der Waals surface area contributed by atoms with Crippen molar-refractivity contribution >= 4 is 40.9 Å². The quantitative estimate of drug-likeness (QED) is 0.174. The van der Waals surface area contributed by atoms with E-state index in [0.717, 1.165) is 37.8 Å². The summed E-state index contributed by atoms with van der Waals surface area (Å²) in [4.78, 5) is 61.5. The Morgan fingerprint density at radius 2 is 1.81 bits per heavy atom. The van der Waals surface area contributed by atoms with E-state index in [1.807, 2.05) is 35.2 Å². The number of aromatic nitrogens is 1. The molecule has 1 saturated carbocycles. The fourth-order valence-electron chi connectivity index (χ4n) is 6.77. The number of aldehydes is 2.